The Labute approximate surface area is 552 Å². The summed E-state index contributed by atoms with van der Waals surface area (Å²) >= 11 is 16.0. The Bertz CT molecular complexity index is 3900. The van der Waals surface area contributed by atoms with Crippen molar-refractivity contribution in [2.75, 3.05) is 73.2 Å². The van der Waals surface area contributed by atoms with Crippen molar-refractivity contribution < 1.29 is 68.8 Å². The van der Waals surface area contributed by atoms with Gasteiger partial charge < -0.3 is 47.1 Å². The molecule has 3 heterocycles. The predicted octanol–water partition coefficient (Wildman–Crippen LogP) is 14.8. The fourth-order valence-corrected chi connectivity index (χ4v) is 12.9. The quantitative estimate of drug-likeness (QED) is 0.0121. The molecule has 0 aliphatic rings. The number of esters is 1. The molecule has 8 rings (SSSR count). The van der Waals surface area contributed by atoms with Gasteiger partial charge in [0.05, 0.1) is 84.4 Å². The smallest absolute Gasteiger partial charge is 0.347 e. The van der Waals surface area contributed by atoms with Crippen molar-refractivity contribution in [3.05, 3.63) is 166 Å². The molecule has 8 aromatic rings. The second-order valence-electron chi connectivity index (χ2n) is 22.8. The summed E-state index contributed by atoms with van der Waals surface area (Å²) < 4.78 is 108. The highest BCUT2D eigenvalue weighted by Gasteiger charge is 2.39. The molecule has 0 radical (unpaired) electrons. The van der Waals surface area contributed by atoms with E-state index in [1.807, 2.05) is 43.3 Å². The zero-order valence-corrected chi connectivity index (χ0v) is 57.4. The van der Waals surface area contributed by atoms with Gasteiger partial charge in [0, 0.05) is 35.7 Å². The average molecular weight is 1360 g/mol. The number of fused-ring (bicyclic) bond motifs is 1. The maximum absolute atomic E-state index is 14.7. The van der Waals surface area contributed by atoms with Gasteiger partial charge in [-0.05, 0) is 129 Å². The molecule has 0 N–H and O–H groups in total. The second kappa shape index (κ2) is 32.7. The van der Waals surface area contributed by atoms with E-state index in [1.165, 1.54) is 41.9 Å². The summed E-state index contributed by atoms with van der Waals surface area (Å²) in [7, 11) is -5.03. The SMILES string of the molecule is C=CCOC[C@H](COS(=O)(=O)c1ccc(C)cc1)Oc1c(Cl)c(C)c(-c2c(-c3ccc(F)cc3)sc3ncnc(OC(Cc4cc(O[Si](C)(C)C(C)(C)C)ccc4OCc4ccnc(-c5ccccc5OCCOCCOCCOC)n4)C(=O)OCC)c23)c(C)c1Cl. The third-order valence-electron chi connectivity index (χ3n) is 15.1. The normalized spacial score (nSPS) is 12.6. The van der Waals surface area contributed by atoms with Crippen molar-refractivity contribution >= 4 is 69.2 Å². The van der Waals surface area contributed by atoms with E-state index in [0.29, 0.717) is 116 Å². The lowest BCUT2D eigenvalue weighted by Gasteiger charge is -2.36. The molecule has 0 spiro atoms. The molecule has 18 nitrogen and oxygen atoms in total. The summed E-state index contributed by atoms with van der Waals surface area (Å²) in [6.07, 6.45) is 2.03. The van der Waals surface area contributed by atoms with Gasteiger partial charge in [0.1, 0.15) is 60.1 Å². The van der Waals surface area contributed by atoms with E-state index < -0.39 is 49.0 Å². The number of carbonyl (C=O) groups excluding carboxylic acids is 1. The number of rotatable bonds is 34. The largest absolute Gasteiger partial charge is 0.543 e. The number of benzene rings is 5. The molecule has 0 aliphatic heterocycles. The summed E-state index contributed by atoms with van der Waals surface area (Å²) in [5, 5.41) is 0.385. The molecule has 92 heavy (non-hydrogen) atoms. The number of aromatic nitrogens is 4. The number of halogens is 3. The van der Waals surface area contributed by atoms with Crippen LogP contribution in [-0.2, 0) is 55.8 Å². The van der Waals surface area contributed by atoms with Gasteiger partial charge in [0.2, 0.25) is 20.3 Å². The van der Waals surface area contributed by atoms with E-state index in [4.69, 9.17) is 89.4 Å². The Morgan fingerprint density at radius 2 is 1.49 bits per heavy atom. The van der Waals surface area contributed by atoms with Crippen LogP contribution in [0.25, 0.3) is 43.2 Å². The molecule has 0 bridgehead atoms. The predicted molar refractivity (Wildman–Crippen MR) is 357 cm³/mol. The van der Waals surface area contributed by atoms with Crippen molar-refractivity contribution in [1.29, 1.82) is 0 Å². The molecular weight excluding hydrogens is 1280 g/mol. The maximum Gasteiger partial charge on any atom is 0.347 e. The lowest BCUT2D eigenvalue weighted by atomic mass is 9.92. The molecule has 0 saturated carbocycles. The van der Waals surface area contributed by atoms with E-state index in [2.05, 4.69) is 45.4 Å². The van der Waals surface area contributed by atoms with Crippen LogP contribution in [0.15, 0.2) is 127 Å². The Morgan fingerprint density at radius 1 is 0.793 bits per heavy atom. The molecule has 24 heteroatoms. The Kier molecular flexibility index (Phi) is 25.1. The fourth-order valence-electron chi connectivity index (χ4n) is 9.28. The highest BCUT2D eigenvalue weighted by molar-refractivity contribution is 7.86. The van der Waals surface area contributed by atoms with E-state index >= 15 is 0 Å². The minimum absolute atomic E-state index is 0.00271. The third-order valence-corrected chi connectivity index (χ3v) is 22.8. The minimum Gasteiger partial charge on any atom is -0.543 e. The van der Waals surface area contributed by atoms with Crippen molar-refractivity contribution in [2.45, 2.75) is 96.7 Å². The lowest BCUT2D eigenvalue weighted by molar-refractivity contribution is -0.151. The van der Waals surface area contributed by atoms with Gasteiger partial charge in [-0.25, -0.2) is 29.1 Å². The van der Waals surface area contributed by atoms with Crippen LogP contribution in [-0.4, -0.2) is 128 Å². The Balaban J connectivity index is 1.15. The number of hydrogen-bond acceptors (Lipinski definition) is 19. The van der Waals surface area contributed by atoms with E-state index in [-0.39, 0.29) is 71.1 Å². The van der Waals surface area contributed by atoms with Crippen molar-refractivity contribution in [3.63, 3.8) is 0 Å². The van der Waals surface area contributed by atoms with Crippen LogP contribution in [0.1, 0.15) is 55.6 Å². The van der Waals surface area contributed by atoms with Crippen LogP contribution in [0.4, 0.5) is 4.39 Å². The van der Waals surface area contributed by atoms with E-state index in [1.54, 1.807) is 76.6 Å². The highest BCUT2D eigenvalue weighted by atomic mass is 35.5. The lowest BCUT2D eigenvalue weighted by Crippen LogP contribution is -2.43. The zero-order valence-electron chi connectivity index (χ0n) is 53.3. The molecular formula is C68H77Cl2FN4O14S2Si. The number of carbonyl (C=O) groups is 1. The summed E-state index contributed by atoms with van der Waals surface area (Å²) in [4.78, 5) is 34.5. The number of thiophene rings is 1. The van der Waals surface area contributed by atoms with Crippen LogP contribution in [0.5, 0.6) is 28.9 Å². The van der Waals surface area contributed by atoms with Crippen LogP contribution >= 0.6 is 34.5 Å². The van der Waals surface area contributed by atoms with Crippen molar-refractivity contribution in [1.82, 2.24) is 19.9 Å². The molecule has 5 aromatic carbocycles. The topological polar surface area (TPSA) is 204 Å². The summed E-state index contributed by atoms with van der Waals surface area (Å²) in [6.45, 7) is 23.6. The first-order chi connectivity index (χ1) is 44.0. The van der Waals surface area contributed by atoms with E-state index in [0.717, 1.165) is 5.56 Å². The van der Waals surface area contributed by atoms with Gasteiger partial charge in [-0.3, -0.25) is 4.18 Å². The van der Waals surface area contributed by atoms with Gasteiger partial charge in [0.15, 0.2) is 11.6 Å². The number of hydrogen-bond donors (Lipinski definition) is 0. The van der Waals surface area contributed by atoms with E-state index in [9.17, 15) is 17.6 Å². The molecule has 0 saturated heterocycles. The second-order valence-corrected chi connectivity index (χ2v) is 30.9. The molecule has 1 unspecified atom stereocenters. The van der Waals surface area contributed by atoms with Gasteiger partial charge >= 0.3 is 5.97 Å². The highest BCUT2D eigenvalue weighted by Crippen LogP contribution is 2.53. The molecule has 0 aliphatic carbocycles. The number of nitrogens with zero attached hydrogens (tertiary/aromatic N) is 4. The fraction of sp³-hybridized carbons (Fsp3) is 0.368. The first-order valence-electron chi connectivity index (χ1n) is 29.8. The average Bonchev–Trinajstić information content (AvgIpc) is 1.51. The molecule has 3 aromatic heterocycles. The number of aryl methyl sites for hydroxylation is 1. The van der Waals surface area contributed by atoms with Crippen LogP contribution in [0.2, 0.25) is 28.2 Å². The maximum atomic E-state index is 14.7. The standard InChI is InChI=1S/C68H77Cl2FN4O14S2Si/c1-12-30-82-40-51(41-86-91(77,78)52-25-18-43(3)19-26-52)87-62-60(69)44(4)57(45(5)61(62)70)58-59-65(73-42-74-66(59)90-63(58)46-20-22-48(71)23-21-46)88-56(67(76)83-13-2)38-47-37-50(89-92(10,11)68(6,7)8)24-27-54(47)85-39-49-28-29-72-64(75-49)53-16-14-15-17-55(53)84-36-35-81-34-33-80-32-31-79-9/h12,14-29,37,42,51,56H,1,13,30-36,38-41H2,2-11H3/t51-,56?/m1/s1. The van der Waals surface area contributed by atoms with Gasteiger partial charge in [-0.2, -0.15) is 8.42 Å². The Hall–Kier alpha value is -7.09. The van der Waals surface area contributed by atoms with Crippen molar-refractivity contribution in [3.8, 4) is 61.8 Å². The third kappa shape index (κ3) is 18.2. The van der Waals surface area contributed by atoms with Gasteiger partial charge in [-0.15, -0.1) is 17.9 Å². The summed E-state index contributed by atoms with van der Waals surface area (Å²) in [5.41, 5.74) is 5.26. The monoisotopic (exact) mass is 1350 g/mol. The summed E-state index contributed by atoms with van der Waals surface area (Å²) in [5.74, 6) is 0.872. The summed E-state index contributed by atoms with van der Waals surface area (Å²) in [6, 6.07) is 27.0. The van der Waals surface area contributed by atoms with Gasteiger partial charge in [0.25, 0.3) is 10.1 Å². The number of para-hydroxylation sites is 1. The number of ether oxygens (including phenoxy) is 9. The molecule has 2 atom stereocenters. The first-order valence-corrected chi connectivity index (χ1v) is 35.7. The van der Waals surface area contributed by atoms with Gasteiger partial charge in [-0.1, -0.05) is 92.0 Å². The molecule has 0 fully saturated rings. The van der Waals surface area contributed by atoms with Crippen LogP contribution < -0.4 is 23.4 Å². The van der Waals surface area contributed by atoms with Crippen LogP contribution in [0, 0.1) is 26.6 Å². The Morgan fingerprint density at radius 3 is 2.17 bits per heavy atom. The molecule has 0 amide bonds. The molecule has 490 valence electrons. The zero-order chi connectivity index (χ0) is 66.2. The first kappa shape index (κ1) is 70.8. The minimum atomic E-state index is -4.23. The van der Waals surface area contributed by atoms with Crippen molar-refractivity contribution in [2.24, 2.45) is 0 Å². The number of methoxy groups -OCH3 is 1. The van der Waals surface area contributed by atoms with Crippen LogP contribution in [0.3, 0.4) is 0 Å².